The molecule has 4 nitrogen and oxygen atoms in total. The lowest BCUT2D eigenvalue weighted by molar-refractivity contribution is 0.220. The zero-order valence-electron chi connectivity index (χ0n) is 11.3. The van der Waals surface area contributed by atoms with Crippen molar-refractivity contribution in [1.29, 1.82) is 5.41 Å². The van der Waals surface area contributed by atoms with Crippen molar-refractivity contribution in [1.82, 2.24) is 4.90 Å². The molecule has 0 bridgehead atoms. The monoisotopic (exact) mass is 313 g/mol. The molecular formula is C14H17Cl2N3O. The van der Waals surface area contributed by atoms with Crippen molar-refractivity contribution in [3.8, 4) is 0 Å². The van der Waals surface area contributed by atoms with Crippen LogP contribution in [0.2, 0.25) is 10.0 Å². The third-order valence-electron chi connectivity index (χ3n) is 3.21. The third kappa shape index (κ3) is 3.25. The van der Waals surface area contributed by atoms with E-state index in [4.69, 9.17) is 28.6 Å². The van der Waals surface area contributed by atoms with Crippen LogP contribution in [0.4, 0.5) is 10.5 Å². The van der Waals surface area contributed by atoms with Crippen LogP contribution in [0.1, 0.15) is 26.2 Å². The van der Waals surface area contributed by atoms with Gasteiger partial charge in [-0.3, -0.25) is 5.41 Å². The molecule has 2 rings (SSSR count). The Bertz CT molecular complexity index is 513. The highest BCUT2D eigenvalue weighted by molar-refractivity contribution is 6.35. The predicted octanol–water partition coefficient (Wildman–Crippen LogP) is 4.40. The number of urea groups is 1. The van der Waals surface area contributed by atoms with Gasteiger partial charge in [-0.2, -0.15) is 0 Å². The normalized spacial score (nSPS) is 15.3. The van der Waals surface area contributed by atoms with Crippen LogP contribution in [0.3, 0.4) is 0 Å². The van der Waals surface area contributed by atoms with Crippen LogP contribution in [0.15, 0.2) is 18.2 Å². The summed E-state index contributed by atoms with van der Waals surface area (Å²) in [5, 5.41) is 8.91. The summed E-state index contributed by atoms with van der Waals surface area (Å²) in [4.78, 5) is 15.4. The molecule has 6 heteroatoms. The number of halogens is 2. The van der Waals surface area contributed by atoms with Crippen molar-refractivity contribution in [3.63, 3.8) is 0 Å². The van der Waals surface area contributed by atoms with Crippen LogP contribution in [-0.4, -0.2) is 29.9 Å². The van der Waals surface area contributed by atoms with Crippen molar-refractivity contribution in [2.75, 3.05) is 18.0 Å². The SMILES string of the molecule is CCCCCN1CC(=N)N(c2cc(Cl)cc(Cl)c2)C1=O. The number of rotatable bonds is 5. The van der Waals surface area contributed by atoms with Gasteiger partial charge in [-0.1, -0.05) is 43.0 Å². The van der Waals surface area contributed by atoms with Crippen molar-refractivity contribution in [2.24, 2.45) is 0 Å². The molecule has 1 fully saturated rings. The quantitative estimate of drug-likeness (QED) is 0.804. The minimum atomic E-state index is -0.176. The molecule has 1 aromatic carbocycles. The number of carbonyl (C=O) groups is 1. The van der Waals surface area contributed by atoms with E-state index < -0.39 is 0 Å². The minimum Gasteiger partial charge on any atom is -0.317 e. The summed E-state index contributed by atoms with van der Waals surface area (Å²) in [6.07, 6.45) is 3.15. The zero-order valence-corrected chi connectivity index (χ0v) is 12.8. The summed E-state index contributed by atoms with van der Waals surface area (Å²) in [5.74, 6) is 0.254. The highest BCUT2D eigenvalue weighted by atomic mass is 35.5. The number of unbranched alkanes of at least 4 members (excludes halogenated alkanes) is 2. The molecule has 1 aliphatic rings. The van der Waals surface area contributed by atoms with Crippen molar-refractivity contribution in [3.05, 3.63) is 28.2 Å². The molecule has 20 heavy (non-hydrogen) atoms. The van der Waals surface area contributed by atoms with Gasteiger partial charge in [0.1, 0.15) is 5.84 Å². The van der Waals surface area contributed by atoms with Crippen molar-refractivity contribution < 1.29 is 4.79 Å². The highest BCUT2D eigenvalue weighted by Gasteiger charge is 2.34. The van der Waals surface area contributed by atoms with Crippen molar-refractivity contribution >= 4 is 40.8 Å². The number of amides is 2. The molecule has 0 atom stereocenters. The molecule has 0 aromatic heterocycles. The van der Waals surface area contributed by atoms with E-state index in [1.54, 1.807) is 23.1 Å². The molecule has 1 aliphatic heterocycles. The van der Waals surface area contributed by atoms with Gasteiger partial charge >= 0.3 is 6.03 Å². The van der Waals surface area contributed by atoms with E-state index in [1.807, 2.05) is 0 Å². The Morgan fingerprint density at radius 3 is 2.45 bits per heavy atom. The molecule has 1 N–H and O–H groups in total. The largest absolute Gasteiger partial charge is 0.330 e. The van der Waals surface area contributed by atoms with Gasteiger partial charge in [0.15, 0.2) is 0 Å². The first kappa shape index (κ1) is 15.1. The lowest BCUT2D eigenvalue weighted by Gasteiger charge is -2.18. The van der Waals surface area contributed by atoms with E-state index in [2.05, 4.69) is 6.92 Å². The molecule has 1 saturated heterocycles. The zero-order chi connectivity index (χ0) is 14.7. The Balaban J connectivity index is 2.16. The predicted molar refractivity (Wildman–Crippen MR) is 83.2 cm³/mol. The molecular weight excluding hydrogens is 297 g/mol. The van der Waals surface area contributed by atoms with Gasteiger partial charge in [0, 0.05) is 16.6 Å². The second kappa shape index (κ2) is 6.46. The average molecular weight is 314 g/mol. The summed E-state index contributed by atoms with van der Waals surface area (Å²) in [6.45, 7) is 3.14. The lowest BCUT2D eigenvalue weighted by Crippen LogP contribution is -2.33. The van der Waals surface area contributed by atoms with E-state index in [-0.39, 0.29) is 11.9 Å². The van der Waals surface area contributed by atoms with E-state index in [0.29, 0.717) is 28.8 Å². The number of carbonyl (C=O) groups excluding carboxylic acids is 1. The van der Waals surface area contributed by atoms with Gasteiger partial charge < -0.3 is 4.90 Å². The Morgan fingerprint density at radius 2 is 1.85 bits per heavy atom. The van der Waals surface area contributed by atoms with Crippen LogP contribution in [0.25, 0.3) is 0 Å². The molecule has 0 radical (unpaired) electrons. The summed E-state index contributed by atoms with van der Waals surface area (Å²) in [7, 11) is 0. The highest BCUT2D eigenvalue weighted by Crippen LogP contribution is 2.28. The fraction of sp³-hybridized carbons (Fsp3) is 0.429. The summed E-state index contributed by atoms with van der Waals surface area (Å²) in [6, 6.07) is 4.73. The maximum absolute atomic E-state index is 12.4. The fourth-order valence-corrected chi connectivity index (χ4v) is 2.75. The third-order valence-corrected chi connectivity index (χ3v) is 3.65. The van der Waals surface area contributed by atoms with Crippen LogP contribution in [0, 0.1) is 5.41 Å². The Kier molecular flexibility index (Phi) is 4.89. The van der Waals surface area contributed by atoms with Gasteiger partial charge in [0.25, 0.3) is 0 Å². The molecule has 0 saturated carbocycles. The standard InChI is InChI=1S/C14H17Cl2N3O/c1-2-3-4-5-18-9-13(17)19(14(18)20)12-7-10(15)6-11(16)8-12/h6-8,17H,2-5,9H2,1H3. The number of amidine groups is 1. The van der Waals surface area contributed by atoms with Crippen LogP contribution in [0.5, 0.6) is 0 Å². The van der Waals surface area contributed by atoms with Gasteiger partial charge in [-0.15, -0.1) is 0 Å². The van der Waals surface area contributed by atoms with E-state index in [0.717, 1.165) is 19.3 Å². The van der Waals surface area contributed by atoms with Crippen LogP contribution < -0.4 is 4.90 Å². The second-order valence-electron chi connectivity index (χ2n) is 4.82. The number of nitrogens with zero attached hydrogens (tertiary/aromatic N) is 2. The van der Waals surface area contributed by atoms with Crippen LogP contribution >= 0.6 is 23.2 Å². The minimum absolute atomic E-state index is 0.176. The molecule has 2 amide bonds. The lowest BCUT2D eigenvalue weighted by atomic mass is 10.2. The molecule has 0 spiro atoms. The first-order valence-corrected chi connectivity index (χ1v) is 7.41. The maximum Gasteiger partial charge on any atom is 0.330 e. The van der Waals surface area contributed by atoms with Gasteiger partial charge in [-0.05, 0) is 24.6 Å². The molecule has 108 valence electrons. The molecule has 0 unspecified atom stereocenters. The Morgan fingerprint density at radius 1 is 1.20 bits per heavy atom. The van der Waals surface area contributed by atoms with Crippen molar-refractivity contribution in [2.45, 2.75) is 26.2 Å². The number of anilines is 1. The number of nitrogens with one attached hydrogen (secondary N) is 1. The van der Waals surface area contributed by atoms with Gasteiger partial charge in [-0.25, -0.2) is 9.69 Å². The number of hydrogen-bond donors (Lipinski definition) is 1. The smallest absolute Gasteiger partial charge is 0.317 e. The van der Waals surface area contributed by atoms with Gasteiger partial charge in [0.2, 0.25) is 0 Å². The van der Waals surface area contributed by atoms with Gasteiger partial charge in [0.05, 0.1) is 12.2 Å². The summed E-state index contributed by atoms with van der Waals surface area (Å²) in [5.41, 5.74) is 0.551. The molecule has 1 heterocycles. The number of benzene rings is 1. The first-order valence-electron chi connectivity index (χ1n) is 6.65. The van der Waals surface area contributed by atoms with E-state index in [9.17, 15) is 4.79 Å². The Hall–Kier alpha value is -1.26. The molecule has 1 aromatic rings. The molecule has 0 aliphatic carbocycles. The van der Waals surface area contributed by atoms with E-state index >= 15 is 0 Å². The fourth-order valence-electron chi connectivity index (χ4n) is 2.24. The Labute approximate surface area is 128 Å². The summed E-state index contributed by atoms with van der Waals surface area (Å²) >= 11 is 11.9. The average Bonchev–Trinajstić information content (AvgIpc) is 2.63. The van der Waals surface area contributed by atoms with Crippen LogP contribution in [-0.2, 0) is 0 Å². The topological polar surface area (TPSA) is 47.4 Å². The maximum atomic E-state index is 12.4. The second-order valence-corrected chi connectivity index (χ2v) is 5.69. The first-order chi connectivity index (χ1) is 9.52. The summed E-state index contributed by atoms with van der Waals surface area (Å²) < 4.78 is 0. The number of hydrogen-bond acceptors (Lipinski definition) is 2. The van der Waals surface area contributed by atoms with E-state index in [1.165, 1.54) is 4.90 Å².